The second kappa shape index (κ2) is 6.32. The zero-order valence-electron chi connectivity index (χ0n) is 10.4. The number of methoxy groups -OCH3 is 1. The smallest absolute Gasteiger partial charge is 0.205 e. The van der Waals surface area contributed by atoms with Crippen LogP contribution in [0.25, 0.3) is 0 Å². The van der Waals surface area contributed by atoms with Crippen molar-refractivity contribution in [1.29, 1.82) is 0 Å². The quantitative estimate of drug-likeness (QED) is 0.612. The Balaban J connectivity index is 2.21. The van der Waals surface area contributed by atoms with E-state index in [1.54, 1.807) is 35.6 Å². The van der Waals surface area contributed by atoms with E-state index in [0.29, 0.717) is 13.2 Å². The van der Waals surface area contributed by atoms with Gasteiger partial charge in [0.05, 0.1) is 31.3 Å². The minimum atomic E-state index is 0.610. The van der Waals surface area contributed by atoms with Crippen molar-refractivity contribution in [2.24, 2.45) is 10.1 Å². The van der Waals surface area contributed by atoms with E-state index in [1.807, 2.05) is 24.4 Å². The Bertz CT molecular complexity index is 566. The molecule has 6 heteroatoms. The number of ether oxygens (including phenoxy) is 1. The van der Waals surface area contributed by atoms with Crippen LogP contribution in [-0.4, -0.2) is 31.2 Å². The largest absolute Gasteiger partial charge is 0.463 e. The van der Waals surface area contributed by atoms with Crippen LogP contribution in [0.5, 0.6) is 0 Å². The van der Waals surface area contributed by atoms with Crippen molar-refractivity contribution in [2.45, 2.75) is 6.92 Å². The highest BCUT2D eigenvalue weighted by Gasteiger charge is 1.99. The Morgan fingerprint density at radius 2 is 2.44 bits per heavy atom. The second-order valence-corrected chi connectivity index (χ2v) is 4.44. The maximum Gasteiger partial charge on any atom is 0.205 e. The van der Waals surface area contributed by atoms with E-state index < -0.39 is 0 Å². The number of aryl methyl sites for hydroxylation is 1. The SMILES string of the molecule is COCCN=c1scc(C)n1/N=C/c1ccco1. The molecule has 0 radical (unpaired) electrons. The number of thiazole rings is 1. The van der Waals surface area contributed by atoms with Crippen molar-refractivity contribution in [3.05, 3.63) is 40.0 Å². The highest BCUT2D eigenvalue weighted by Crippen LogP contribution is 2.01. The summed E-state index contributed by atoms with van der Waals surface area (Å²) >= 11 is 1.56. The lowest BCUT2D eigenvalue weighted by molar-refractivity contribution is 0.207. The van der Waals surface area contributed by atoms with Crippen molar-refractivity contribution in [2.75, 3.05) is 20.3 Å². The van der Waals surface area contributed by atoms with Crippen LogP contribution >= 0.6 is 11.3 Å². The summed E-state index contributed by atoms with van der Waals surface area (Å²) in [5.41, 5.74) is 1.04. The topological polar surface area (TPSA) is 52.0 Å². The van der Waals surface area contributed by atoms with Gasteiger partial charge in [0.1, 0.15) is 5.76 Å². The molecule has 18 heavy (non-hydrogen) atoms. The van der Waals surface area contributed by atoms with Gasteiger partial charge in [-0.25, -0.2) is 4.68 Å². The van der Waals surface area contributed by atoms with Gasteiger partial charge >= 0.3 is 0 Å². The van der Waals surface area contributed by atoms with Crippen LogP contribution in [-0.2, 0) is 4.74 Å². The third-order valence-corrected chi connectivity index (χ3v) is 3.21. The van der Waals surface area contributed by atoms with Gasteiger partial charge in [-0.1, -0.05) is 0 Å². The summed E-state index contributed by atoms with van der Waals surface area (Å²) < 4.78 is 12.0. The van der Waals surface area contributed by atoms with E-state index in [-0.39, 0.29) is 0 Å². The molecule has 0 amide bonds. The molecule has 0 spiro atoms. The summed E-state index contributed by atoms with van der Waals surface area (Å²) in [5, 5.41) is 6.38. The average Bonchev–Trinajstić information content (AvgIpc) is 2.98. The van der Waals surface area contributed by atoms with Gasteiger partial charge in [-0.05, 0) is 19.1 Å². The van der Waals surface area contributed by atoms with Crippen molar-refractivity contribution in [1.82, 2.24) is 4.68 Å². The Labute approximate surface area is 109 Å². The van der Waals surface area contributed by atoms with Gasteiger partial charge in [0.2, 0.25) is 4.80 Å². The van der Waals surface area contributed by atoms with Gasteiger partial charge in [-0.3, -0.25) is 4.99 Å². The number of rotatable bonds is 5. The fourth-order valence-electron chi connectivity index (χ4n) is 1.35. The van der Waals surface area contributed by atoms with Gasteiger partial charge in [0.15, 0.2) is 0 Å². The maximum absolute atomic E-state index is 5.20. The molecule has 0 fully saturated rings. The summed E-state index contributed by atoms with van der Waals surface area (Å²) in [6.07, 6.45) is 3.30. The summed E-state index contributed by atoms with van der Waals surface area (Å²) in [7, 11) is 1.66. The fraction of sp³-hybridized carbons (Fsp3) is 0.333. The molecule has 0 aliphatic rings. The number of aromatic nitrogens is 1. The minimum Gasteiger partial charge on any atom is -0.463 e. The highest BCUT2D eigenvalue weighted by molar-refractivity contribution is 7.07. The van der Waals surface area contributed by atoms with Crippen LogP contribution in [0, 0.1) is 6.92 Å². The molecule has 2 aromatic rings. The first kappa shape index (κ1) is 12.8. The van der Waals surface area contributed by atoms with E-state index in [1.165, 1.54) is 0 Å². The van der Waals surface area contributed by atoms with Gasteiger partial charge in [0.25, 0.3) is 0 Å². The van der Waals surface area contributed by atoms with Crippen molar-refractivity contribution in [3.8, 4) is 0 Å². The first-order chi connectivity index (χ1) is 8.81. The Kier molecular flexibility index (Phi) is 4.49. The van der Waals surface area contributed by atoms with Gasteiger partial charge < -0.3 is 9.15 Å². The first-order valence-corrected chi connectivity index (χ1v) is 6.43. The fourth-order valence-corrected chi connectivity index (χ4v) is 2.18. The second-order valence-electron chi connectivity index (χ2n) is 3.61. The molecule has 0 bridgehead atoms. The first-order valence-electron chi connectivity index (χ1n) is 5.55. The molecule has 2 rings (SSSR count). The van der Waals surface area contributed by atoms with Crippen molar-refractivity contribution in [3.63, 3.8) is 0 Å². The average molecular weight is 265 g/mol. The summed E-state index contributed by atoms with van der Waals surface area (Å²) in [6.45, 7) is 3.23. The predicted octanol–water partition coefficient (Wildman–Crippen LogP) is 1.88. The van der Waals surface area contributed by atoms with Gasteiger partial charge in [-0.2, -0.15) is 5.10 Å². The molecule has 0 saturated heterocycles. The Morgan fingerprint density at radius 3 is 3.17 bits per heavy atom. The Morgan fingerprint density at radius 1 is 1.56 bits per heavy atom. The summed E-state index contributed by atoms with van der Waals surface area (Å²) in [6, 6.07) is 3.68. The van der Waals surface area contributed by atoms with Crippen LogP contribution in [0.2, 0.25) is 0 Å². The normalized spacial score (nSPS) is 12.7. The molecule has 0 N–H and O–H groups in total. The molecule has 0 aromatic carbocycles. The van der Waals surface area contributed by atoms with Crippen LogP contribution in [0.1, 0.15) is 11.5 Å². The summed E-state index contributed by atoms with van der Waals surface area (Å²) in [5.74, 6) is 0.718. The number of hydrogen-bond acceptors (Lipinski definition) is 5. The zero-order chi connectivity index (χ0) is 12.8. The predicted molar refractivity (Wildman–Crippen MR) is 71.1 cm³/mol. The van der Waals surface area contributed by atoms with Crippen LogP contribution < -0.4 is 4.80 Å². The van der Waals surface area contributed by atoms with Crippen LogP contribution in [0.15, 0.2) is 38.3 Å². The molecule has 0 saturated carbocycles. The van der Waals surface area contributed by atoms with Gasteiger partial charge in [0, 0.05) is 12.5 Å². The lowest BCUT2D eigenvalue weighted by Gasteiger charge is -1.96. The molecule has 2 aromatic heterocycles. The van der Waals surface area contributed by atoms with E-state index in [4.69, 9.17) is 9.15 Å². The third kappa shape index (κ3) is 3.18. The molecule has 0 aliphatic heterocycles. The minimum absolute atomic E-state index is 0.610. The lowest BCUT2D eigenvalue weighted by Crippen LogP contribution is -2.13. The zero-order valence-corrected chi connectivity index (χ0v) is 11.2. The highest BCUT2D eigenvalue weighted by atomic mass is 32.1. The maximum atomic E-state index is 5.20. The lowest BCUT2D eigenvalue weighted by atomic mass is 10.5. The number of hydrogen-bond donors (Lipinski definition) is 0. The monoisotopic (exact) mass is 265 g/mol. The Hall–Kier alpha value is -1.66. The standard InChI is InChI=1S/C12H15N3O2S/c1-10-9-18-12(13-5-7-16-2)15(10)14-8-11-4-3-6-17-11/h3-4,6,8-9H,5,7H2,1-2H3/b13-12?,14-8+. The third-order valence-electron chi connectivity index (χ3n) is 2.24. The molecule has 96 valence electrons. The van der Waals surface area contributed by atoms with E-state index in [0.717, 1.165) is 16.3 Å². The molecular formula is C12H15N3O2S. The molecule has 0 aliphatic carbocycles. The van der Waals surface area contributed by atoms with Crippen molar-refractivity contribution >= 4 is 17.6 Å². The molecule has 0 unspecified atom stereocenters. The van der Waals surface area contributed by atoms with E-state index in [9.17, 15) is 0 Å². The summed E-state index contributed by atoms with van der Waals surface area (Å²) in [4.78, 5) is 5.28. The van der Waals surface area contributed by atoms with E-state index >= 15 is 0 Å². The molecule has 2 heterocycles. The number of nitrogens with zero attached hydrogens (tertiary/aromatic N) is 3. The van der Waals surface area contributed by atoms with Crippen LogP contribution in [0.4, 0.5) is 0 Å². The molecular weight excluding hydrogens is 250 g/mol. The van der Waals surface area contributed by atoms with E-state index in [2.05, 4.69) is 10.1 Å². The molecule has 5 nitrogen and oxygen atoms in total. The number of furan rings is 1. The van der Waals surface area contributed by atoms with Crippen molar-refractivity contribution < 1.29 is 9.15 Å². The van der Waals surface area contributed by atoms with Gasteiger partial charge in [-0.15, -0.1) is 11.3 Å². The van der Waals surface area contributed by atoms with Crippen LogP contribution in [0.3, 0.4) is 0 Å². The molecule has 0 atom stereocenters.